The molecule has 0 amide bonds. The summed E-state index contributed by atoms with van der Waals surface area (Å²) in [5.41, 5.74) is 4.17. The Morgan fingerprint density at radius 1 is 1.04 bits per heavy atom. The van der Waals surface area contributed by atoms with Crippen molar-refractivity contribution in [3.8, 4) is 11.1 Å². The Balaban J connectivity index is 1.54. The standard InChI is InChI=1S/C36H41ClN4O5/c1-4-41-31-10-9-24(30(39-46-35(37)44)22-25-7-5-6-8-32(25)42)19-28(31)29-21-26(20-27(33(29)41)23-11-13-38-14-12-23)34(43)36(2,3)40-15-17-45-18-16-40/h9-14,19-21,25,32,42H,4-8,15-18,22H2,1-3H3/b39-30+. The summed E-state index contributed by atoms with van der Waals surface area (Å²) in [7, 11) is 0. The number of benzene rings is 2. The summed E-state index contributed by atoms with van der Waals surface area (Å²) in [6, 6.07) is 14.1. The van der Waals surface area contributed by atoms with Crippen molar-refractivity contribution in [3.63, 3.8) is 0 Å². The molecule has 2 unspecified atom stereocenters. The number of halogens is 1. The molecule has 2 aromatic heterocycles. The van der Waals surface area contributed by atoms with Gasteiger partial charge in [-0.15, -0.1) is 0 Å². The fraction of sp³-hybridized carbons (Fsp3) is 0.444. The molecular weight excluding hydrogens is 604 g/mol. The summed E-state index contributed by atoms with van der Waals surface area (Å²) >= 11 is 5.52. The van der Waals surface area contributed by atoms with Crippen LogP contribution in [0.1, 0.15) is 68.8 Å². The number of aromatic nitrogens is 2. The van der Waals surface area contributed by atoms with E-state index >= 15 is 0 Å². The van der Waals surface area contributed by atoms with E-state index in [4.69, 9.17) is 21.2 Å². The van der Waals surface area contributed by atoms with E-state index in [0.717, 1.165) is 64.2 Å². The van der Waals surface area contributed by atoms with Gasteiger partial charge in [-0.1, -0.05) is 24.1 Å². The highest BCUT2D eigenvalue weighted by molar-refractivity contribution is 6.61. The maximum absolute atomic E-state index is 14.4. The highest BCUT2D eigenvalue weighted by Gasteiger charge is 2.36. The monoisotopic (exact) mass is 644 g/mol. The molecule has 1 saturated carbocycles. The first-order valence-electron chi connectivity index (χ1n) is 16.2. The number of fused-ring (bicyclic) bond motifs is 3. The van der Waals surface area contributed by atoms with Gasteiger partial charge in [0.15, 0.2) is 5.78 Å². The predicted octanol–water partition coefficient (Wildman–Crippen LogP) is 7.19. The Hall–Kier alpha value is -3.63. The minimum atomic E-state index is -1.02. The number of aliphatic hydroxyl groups excluding tert-OH is 1. The van der Waals surface area contributed by atoms with Gasteiger partial charge in [0.2, 0.25) is 0 Å². The number of nitrogens with zero attached hydrogens (tertiary/aromatic N) is 4. The first kappa shape index (κ1) is 32.3. The summed E-state index contributed by atoms with van der Waals surface area (Å²) in [6.07, 6.45) is 7.18. The number of morpholine rings is 1. The molecule has 10 heteroatoms. The van der Waals surface area contributed by atoms with Crippen LogP contribution in [-0.2, 0) is 16.1 Å². The van der Waals surface area contributed by atoms with Crippen LogP contribution in [0.25, 0.3) is 32.9 Å². The minimum absolute atomic E-state index is 0.000792. The minimum Gasteiger partial charge on any atom is -0.393 e. The van der Waals surface area contributed by atoms with Crippen molar-refractivity contribution in [2.45, 2.75) is 71.1 Å². The number of rotatable bonds is 9. The lowest BCUT2D eigenvalue weighted by atomic mass is 9.82. The molecule has 6 rings (SSSR count). The van der Waals surface area contributed by atoms with Crippen molar-refractivity contribution in [3.05, 3.63) is 66.0 Å². The van der Waals surface area contributed by atoms with Crippen LogP contribution in [0, 0.1) is 5.92 Å². The second kappa shape index (κ2) is 13.6. The topological polar surface area (TPSA) is 106 Å². The van der Waals surface area contributed by atoms with Crippen molar-refractivity contribution in [2.24, 2.45) is 11.1 Å². The van der Waals surface area contributed by atoms with Crippen LogP contribution in [0.2, 0.25) is 0 Å². The molecule has 1 N–H and O–H groups in total. The number of carbonyl (C=O) groups is 2. The molecule has 3 heterocycles. The molecule has 1 aliphatic carbocycles. The zero-order valence-corrected chi connectivity index (χ0v) is 27.4. The van der Waals surface area contributed by atoms with Crippen molar-refractivity contribution in [1.29, 1.82) is 0 Å². The molecule has 0 bridgehead atoms. The molecule has 0 spiro atoms. The molecule has 0 radical (unpaired) electrons. The number of oxime groups is 1. The fourth-order valence-electron chi connectivity index (χ4n) is 7.22. The molecule has 2 aromatic carbocycles. The normalized spacial score (nSPS) is 19.9. The molecular formula is C36H41ClN4O5. The van der Waals surface area contributed by atoms with Gasteiger partial charge in [0.05, 0.1) is 36.1 Å². The summed E-state index contributed by atoms with van der Waals surface area (Å²) in [4.78, 5) is 37.3. The molecule has 1 saturated heterocycles. The van der Waals surface area contributed by atoms with E-state index in [1.165, 1.54) is 0 Å². The van der Waals surface area contributed by atoms with E-state index in [1.807, 2.05) is 44.2 Å². The van der Waals surface area contributed by atoms with Gasteiger partial charge in [-0.2, -0.15) is 0 Å². The Kier molecular flexibility index (Phi) is 9.57. The molecule has 1 aliphatic heterocycles. The smallest absolute Gasteiger partial charge is 0.393 e. The maximum Gasteiger partial charge on any atom is 0.429 e. The Bertz CT molecular complexity index is 1780. The lowest BCUT2D eigenvalue weighted by Crippen LogP contribution is -2.54. The Morgan fingerprint density at radius 3 is 2.46 bits per heavy atom. The van der Waals surface area contributed by atoms with Crippen LogP contribution in [0.5, 0.6) is 0 Å². The SMILES string of the molecule is CCn1c2ccc(/C(CC3CCCCC3O)=N/OC(=O)Cl)cc2c2cc(C(=O)C(C)(C)N3CCOCC3)cc(-c3ccncc3)c21. The third kappa shape index (κ3) is 6.34. The van der Waals surface area contributed by atoms with Crippen LogP contribution < -0.4 is 0 Å². The number of aryl methyl sites for hydroxylation is 1. The molecule has 4 aromatic rings. The van der Waals surface area contributed by atoms with Crippen molar-refractivity contribution in [1.82, 2.24) is 14.5 Å². The molecule has 242 valence electrons. The average molecular weight is 645 g/mol. The third-order valence-electron chi connectivity index (χ3n) is 9.77. The molecule has 9 nitrogen and oxygen atoms in total. The van der Waals surface area contributed by atoms with E-state index in [-0.39, 0.29) is 11.7 Å². The van der Waals surface area contributed by atoms with Crippen LogP contribution in [0.4, 0.5) is 4.79 Å². The maximum atomic E-state index is 14.4. The molecule has 2 fully saturated rings. The first-order valence-corrected chi connectivity index (χ1v) is 16.6. The zero-order valence-electron chi connectivity index (χ0n) is 26.7. The molecule has 2 atom stereocenters. The van der Waals surface area contributed by atoms with Crippen molar-refractivity contribution >= 4 is 50.3 Å². The lowest BCUT2D eigenvalue weighted by molar-refractivity contribution is -0.00429. The second-order valence-electron chi connectivity index (χ2n) is 12.8. The third-order valence-corrected chi connectivity index (χ3v) is 9.84. The van der Waals surface area contributed by atoms with Crippen LogP contribution in [0.15, 0.2) is 60.0 Å². The second-order valence-corrected chi connectivity index (χ2v) is 13.1. The average Bonchev–Trinajstić information content (AvgIpc) is 3.40. The van der Waals surface area contributed by atoms with Crippen molar-refractivity contribution < 1.29 is 24.3 Å². The number of hydrogen-bond donors (Lipinski definition) is 1. The number of hydrogen-bond acceptors (Lipinski definition) is 8. The van der Waals surface area contributed by atoms with Gasteiger partial charge < -0.3 is 19.2 Å². The summed E-state index contributed by atoms with van der Waals surface area (Å²) in [5.74, 6) is 0.0434. The van der Waals surface area contributed by atoms with E-state index in [2.05, 4.69) is 38.7 Å². The van der Waals surface area contributed by atoms with Gasteiger partial charge in [0, 0.05) is 76.6 Å². The highest BCUT2D eigenvalue weighted by atomic mass is 35.5. The van der Waals surface area contributed by atoms with E-state index in [9.17, 15) is 14.7 Å². The number of pyridine rings is 1. The van der Waals surface area contributed by atoms with Crippen LogP contribution >= 0.6 is 11.6 Å². The quantitative estimate of drug-likeness (QED) is 0.0676. The number of aliphatic hydroxyl groups is 1. The summed E-state index contributed by atoms with van der Waals surface area (Å²) in [5, 5.41) is 16.8. The van der Waals surface area contributed by atoms with Gasteiger partial charge in [-0.3, -0.25) is 14.7 Å². The van der Waals surface area contributed by atoms with E-state index < -0.39 is 17.1 Å². The van der Waals surface area contributed by atoms with E-state index in [0.29, 0.717) is 50.5 Å². The largest absolute Gasteiger partial charge is 0.429 e. The number of carbonyl (C=O) groups excluding carboxylic acids is 2. The molecule has 46 heavy (non-hydrogen) atoms. The number of ether oxygens (including phenoxy) is 1. The highest BCUT2D eigenvalue weighted by Crippen LogP contribution is 2.39. The Labute approximate surface area is 274 Å². The van der Waals surface area contributed by atoms with E-state index in [1.54, 1.807) is 12.4 Å². The van der Waals surface area contributed by atoms with Gasteiger partial charge in [0.25, 0.3) is 0 Å². The zero-order chi connectivity index (χ0) is 32.4. The number of ketones is 1. The van der Waals surface area contributed by atoms with Crippen molar-refractivity contribution in [2.75, 3.05) is 26.3 Å². The summed E-state index contributed by atoms with van der Waals surface area (Å²) < 4.78 is 7.84. The summed E-state index contributed by atoms with van der Waals surface area (Å²) in [6.45, 7) is 9.40. The van der Waals surface area contributed by atoms with Gasteiger partial charge >= 0.3 is 5.43 Å². The Morgan fingerprint density at radius 2 is 1.76 bits per heavy atom. The fourth-order valence-corrected chi connectivity index (χ4v) is 7.26. The first-order chi connectivity index (χ1) is 22.2. The predicted molar refractivity (Wildman–Crippen MR) is 181 cm³/mol. The lowest BCUT2D eigenvalue weighted by Gasteiger charge is -2.39. The van der Waals surface area contributed by atoms with Crippen LogP contribution in [0.3, 0.4) is 0 Å². The van der Waals surface area contributed by atoms with Gasteiger partial charge in [0.1, 0.15) is 0 Å². The van der Waals surface area contributed by atoms with Gasteiger partial charge in [-0.25, -0.2) is 4.79 Å². The number of Topliss-reactive ketones (excluding diaryl/α,β-unsaturated/α-hetero) is 1. The molecule has 2 aliphatic rings. The van der Waals surface area contributed by atoms with Crippen LogP contribution in [-0.4, -0.2) is 74.4 Å². The van der Waals surface area contributed by atoms with Gasteiger partial charge in [-0.05, 0) is 87.9 Å².